The molecule has 4 nitrogen and oxygen atoms in total. The number of aromatic carboxylic acids is 1. The second-order valence-electron chi connectivity index (χ2n) is 4.69. The minimum absolute atomic E-state index is 0.319. The fraction of sp³-hybridized carbons (Fsp3) is 0.333. The van der Waals surface area contributed by atoms with Crippen LogP contribution in [0, 0.1) is 13.8 Å². The average Bonchev–Trinajstić information content (AvgIpc) is 2.80. The predicted molar refractivity (Wildman–Crippen MR) is 83.8 cm³/mol. The first-order valence-electron chi connectivity index (χ1n) is 6.56. The van der Waals surface area contributed by atoms with Gasteiger partial charge in [-0.25, -0.2) is 9.78 Å². The standard InChI is InChI=1S/C15H16ClNO3S/c1-9-8-11(5-6-12(9)16)20-7-3-4-13-17-10(2)14(21-13)15(18)19/h5-6,8H,3-4,7H2,1-2H3,(H,18,19). The number of nitrogens with zero attached hydrogens (tertiary/aromatic N) is 1. The third-order valence-corrected chi connectivity index (χ3v) is 4.60. The molecule has 2 rings (SSSR count). The van der Waals surface area contributed by atoms with E-state index in [4.69, 9.17) is 21.4 Å². The Kier molecular flexibility index (Phi) is 5.20. The zero-order valence-electron chi connectivity index (χ0n) is 11.9. The van der Waals surface area contributed by atoms with Gasteiger partial charge in [-0.15, -0.1) is 11.3 Å². The largest absolute Gasteiger partial charge is 0.494 e. The molecule has 0 aliphatic carbocycles. The van der Waals surface area contributed by atoms with Crippen molar-refractivity contribution in [2.24, 2.45) is 0 Å². The maximum atomic E-state index is 10.9. The SMILES string of the molecule is Cc1cc(OCCCc2nc(C)c(C(=O)O)s2)ccc1Cl. The van der Waals surface area contributed by atoms with Gasteiger partial charge in [0.1, 0.15) is 10.6 Å². The highest BCUT2D eigenvalue weighted by molar-refractivity contribution is 7.13. The number of thiazole rings is 1. The van der Waals surface area contributed by atoms with E-state index < -0.39 is 5.97 Å². The van der Waals surface area contributed by atoms with Gasteiger partial charge < -0.3 is 9.84 Å². The van der Waals surface area contributed by atoms with E-state index in [9.17, 15) is 4.79 Å². The molecule has 21 heavy (non-hydrogen) atoms. The van der Waals surface area contributed by atoms with Crippen molar-refractivity contribution in [1.29, 1.82) is 0 Å². The van der Waals surface area contributed by atoms with Crippen LogP contribution in [0.1, 0.15) is 32.4 Å². The van der Waals surface area contributed by atoms with Crippen LogP contribution in [0.4, 0.5) is 0 Å². The van der Waals surface area contributed by atoms with Gasteiger partial charge in [0.15, 0.2) is 0 Å². The monoisotopic (exact) mass is 325 g/mol. The first-order chi connectivity index (χ1) is 9.97. The van der Waals surface area contributed by atoms with Crippen molar-refractivity contribution in [2.75, 3.05) is 6.61 Å². The quantitative estimate of drug-likeness (QED) is 0.811. The van der Waals surface area contributed by atoms with Gasteiger partial charge in [0, 0.05) is 11.4 Å². The second kappa shape index (κ2) is 6.91. The van der Waals surface area contributed by atoms with Crippen LogP contribution < -0.4 is 4.74 Å². The molecule has 0 aliphatic rings. The molecule has 2 aromatic rings. The summed E-state index contributed by atoms with van der Waals surface area (Å²) in [6.07, 6.45) is 1.50. The summed E-state index contributed by atoms with van der Waals surface area (Å²) in [5.41, 5.74) is 1.56. The third kappa shape index (κ3) is 4.19. The van der Waals surface area contributed by atoms with Crippen molar-refractivity contribution in [1.82, 2.24) is 4.98 Å². The van der Waals surface area contributed by atoms with Crippen LogP contribution >= 0.6 is 22.9 Å². The van der Waals surface area contributed by atoms with Crippen LogP contribution in [0.25, 0.3) is 0 Å². The van der Waals surface area contributed by atoms with Crippen LogP contribution in [-0.4, -0.2) is 22.7 Å². The molecule has 6 heteroatoms. The normalized spacial score (nSPS) is 10.6. The minimum Gasteiger partial charge on any atom is -0.494 e. The number of benzene rings is 1. The molecule has 0 unspecified atom stereocenters. The van der Waals surface area contributed by atoms with Crippen LogP contribution in [-0.2, 0) is 6.42 Å². The Balaban J connectivity index is 1.83. The maximum Gasteiger partial charge on any atom is 0.347 e. The summed E-state index contributed by atoms with van der Waals surface area (Å²) in [4.78, 5) is 15.5. The molecule has 1 aromatic heterocycles. The van der Waals surface area contributed by atoms with Crippen molar-refractivity contribution >= 4 is 28.9 Å². The van der Waals surface area contributed by atoms with Gasteiger partial charge in [-0.3, -0.25) is 0 Å². The highest BCUT2D eigenvalue weighted by Crippen LogP contribution is 2.22. The predicted octanol–water partition coefficient (Wildman–Crippen LogP) is 4.12. The molecule has 0 spiro atoms. The molecule has 0 amide bonds. The van der Waals surface area contributed by atoms with Crippen molar-refractivity contribution in [3.63, 3.8) is 0 Å². The molecule has 1 heterocycles. The lowest BCUT2D eigenvalue weighted by atomic mass is 10.2. The van der Waals surface area contributed by atoms with E-state index in [1.165, 1.54) is 11.3 Å². The van der Waals surface area contributed by atoms with Gasteiger partial charge in [0.2, 0.25) is 0 Å². The summed E-state index contributed by atoms with van der Waals surface area (Å²) in [6, 6.07) is 5.55. The smallest absolute Gasteiger partial charge is 0.347 e. The maximum absolute atomic E-state index is 10.9. The van der Waals surface area contributed by atoms with Crippen LogP contribution in [0.3, 0.4) is 0 Å². The Morgan fingerprint density at radius 2 is 2.19 bits per heavy atom. The van der Waals surface area contributed by atoms with Gasteiger partial charge in [-0.05, 0) is 44.0 Å². The van der Waals surface area contributed by atoms with Gasteiger partial charge in [0.25, 0.3) is 0 Å². The van der Waals surface area contributed by atoms with E-state index in [1.54, 1.807) is 6.92 Å². The van der Waals surface area contributed by atoms with E-state index in [-0.39, 0.29) is 0 Å². The van der Waals surface area contributed by atoms with Gasteiger partial charge >= 0.3 is 5.97 Å². The summed E-state index contributed by atoms with van der Waals surface area (Å²) in [5.74, 6) is -0.123. The summed E-state index contributed by atoms with van der Waals surface area (Å²) >= 11 is 7.19. The molecular weight excluding hydrogens is 310 g/mol. The number of carbonyl (C=O) groups is 1. The van der Waals surface area contributed by atoms with Gasteiger partial charge in [-0.1, -0.05) is 11.6 Å². The number of carboxylic acid groups (broad SMARTS) is 1. The van der Waals surface area contributed by atoms with E-state index >= 15 is 0 Å². The van der Waals surface area contributed by atoms with Crippen molar-refractivity contribution in [2.45, 2.75) is 26.7 Å². The average molecular weight is 326 g/mol. The molecular formula is C15H16ClNO3S. The summed E-state index contributed by atoms with van der Waals surface area (Å²) in [7, 11) is 0. The van der Waals surface area contributed by atoms with Crippen molar-refractivity contribution in [3.05, 3.63) is 44.4 Å². The Hall–Kier alpha value is -1.59. The Morgan fingerprint density at radius 3 is 2.81 bits per heavy atom. The molecule has 0 atom stereocenters. The first kappa shape index (κ1) is 15.8. The van der Waals surface area contributed by atoms with Crippen LogP contribution in [0.2, 0.25) is 5.02 Å². The highest BCUT2D eigenvalue weighted by Gasteiger charge is 2.13. The fourth-order valence-corrected chi connectivity index (χ4v) is 2.94. The molecule has 0 aliphatic heterocycles. The first-order valence-corrected chi connectivity index (χ1v) is 7.75. The minimum atomic E-state index is -0.913. The van der Waals surface area contributed by atoms with E-state index in [1.807, 2.05) is 25.1 Å². The van der Waals surface area contributed by atoms with E-state index in [0.717, 1.165) is 27.8 Å². The van der Waals surface area contributed by atoms with Crippen LogP contribution in [0.15, 0.2) is 18.2 Å². The second-order valence-corrected chi connectivity index (χ2v) is 6.18. The Labute approximate surface area is 132 Å². The Morgan fingerprint density at radius 1 is 1.43 bits per heavy atom. The number of hydrogen-bond acceptors (Lipinski definition) is 4. The molecule has 0 fully saturated rings. The highest BCUT2D eigenvalue weighted by atomic mass is 35.5. The van der Waals surface area contributed by atoms with Gasteiger partial charge in [-0.2, -0.15) is 0 Å². The third-order valence-electron chi connectivity index (χ3n) is 2.97. The summed E-state index contributed by atoms with van der Waals surface area (Å²) in [6.45, 7) is 4.21. The zero-order valence-corrected chi connectivity index (χ0v) is 13.4. The number of rotatable bonds is 6. The number of halogens is 1. The lowest BCUT2D eigenvalue weighted by Gasteiger charge is -2.07. The summed E-state index contributed by atoms with van der Waals surface area (Å²) in [5, 5.41) is 10.5. The molecule has 1 aromatic carbocycles. The van der Waals surface area contributed by atoms with Gasteiger partial charge in [0.05, 0.1) is 17.3 Å². The number of aryl methyl sites for hydroxylation is 3. The number of ether oxygens (including phenoxy) is 1. The molecule has 0 radical (unpaired) electrons. The molecule has 112 valence electrons. The Bertz CT molecular complexity index is 654. The number of hydrogen-bond donors (Lipinski definition) is 1. The van der Waals surface area contributed by atoms with Crippen LogP contribution in [0.5, 0.6) is 5.75 Å². The van der Waals surface area contributed by atoms with Crippen molar-refractivity contribution in [3.8, 4) is 5.75 Å². The molecule has 0 bridgehead atoms. The van der Waals surface area contributed by atoms with E-state index in [2.05, 4.69) is 4.98 Å². The van der Waals surface area contributed by atoms with Crippen molar-refractivity contribution < 1.29 is 14.6 Å². The number of aromatic nitrogens is 1. The zero-order chi connectivity index (χ0) is 15.4. The molecule has 0 saturated carbocycles. The number of carboxylic acids is 1. The lowest BCUT2D eigenvalue weighted by Crippen LogP contribution is -1.99. The summed E-state index contributed by atoms with van der Waals surface area (Å²) < 4.78 is 5.65. The topological polar surface area (TPSA) is 59.4 Å². The lowest BCUT2D eigenvalue weighted by molar-refractivity contribution is 0.0701. The van der Waals surface area contributed by atoms with E-state index in [0.29, 0.717) is 23.6 Å². The molecule has 1 N–H and O–H groups in total. The fourth-order valence-electron chi connectivity index (χ4n) is 1.88. The molecule has 0 saturated heterocycles.